The Labute approximate surface area is 408 Å². The number of carbonyl (C=O) groups excluding carboxylic acids is 6. The van der Waals surface area contributed by atoms with E-state index < -0.39 is 29.2 Å². The number of hydrogen-bond donors (Lipinski definition) is 0. The molecule has 2 atom stereocenters. The van der Waals surface area contributed by atoms with Gasteiger partial charge in [0.1, 0.15) is 0 Å². The van der Waals surface area contributed by atoms with Gasteiger partial charge in [-0.1, -0.05) is 196 Å². The standard InChI is InChI=1S/2C26H50NO3.H2O4S2/c2*1-5-9-12-15-18-21-24(28)27(8-4,25(29)22-19-16-13-10-6-2)26(30)23-20-17-14-11-7-3;1-5(2)6(3)4/h2*5-23H2,1-4H3;(H,1,2)(H,3,4)/q2*+1;/p-2. The van der Waals surface area contributed by atoms with Crippen molar-refractivity contribution in [3.05, 3.63) is 0 Å². The topological polar surface area (TPSA) is 183 Å². The van der Waals surface area contributed by atoms with Gasteiger partial charge in [-0.05, 0) is 52.4 Å². The number of rotatable bonds is 39. The van der Waals surface area contributed by atoms with Crippen LogP contribution in [0.3, 0.4) is 0 Å². The molecule has 2 unspecified atom stereocenters. The smallest absolute Gasteiger partial charge is 0.328 e. The lowest BCUT2D eigenvalue weighted by molar-refractivity contribution is -0.702. The molecule has 14 heteroatoms. The molecule has 0 aliphatic heterocycles. The maximum Gasteiger partial charge on any atom is 0.328 e. The van der Waals surface area contributed by atoms with Crippen LogP contribution >= 0.6 is 0 Å². The van der Waals surface area contributed by atoms with E-state index in [0.717, 1.165) is 154 Å². The number of hydrogen-bond acceptors (Lipinski definition) is 10. The Balaban J connectivity index is -0.00000107. The molecule has 0 aliphatic carbocycles. The molecule has 0 fully saturated rings. The van der Waals surface area contributed by atoms with E-state index in [-0.39, 0.29) is 48.5 Å². The molecule has 0 bridgehead atoms. The van der Waals surface area contributed by atoms with Crippen molar-refractivity contribution in [2.45, 2.75) is 287 Å². The first-order chi connectivity index (χ1) is 31.7. The zero-order chi connectivity index (χ0) is 50.5. The highest BCUT2D eigenvalue weighted by Crippen LogP contribution is 2.24. The van der Waals surface area contributed by atoms with Crippen molar-refractivity contribution in [1.29, 1.82) is 0 Å². The van der Waals surface area contributed by atoms with Gasteiger partial charge in [0, 0.05) is 20.2 Å². The van der Waals surface area contributed by atoms with Gasteiger partial charge in [-0.25, -0.2) is 28.8 Å². The molecule has 66 heavy (non-hydrogen) atoms. The molecule has 12 nitrogen and oxygen atoms in total. The molecule has 0 aromatic heterocycles. The van der Waals surface area contributed by atoms with E-state index in [1.165, 1.54) is 38.5 Å². The number of nitrogens with zero attached hydrogens (tertiary/aromatic N) is 2. The number of carbonyl (C=O) groups is 6. The molecule has 0 saturated carbocycles. The second-order valence-electron chi connectivity index (χ2n) is 18.0. The van der Waals surface area contributed by atoms with Gasteiger partial charge in [0.2, 0.25) is 0 Å². The summed E-state index contributed by atoms with van der Waals surface area (Å²) >= 11 is 0. The monoisotopic (exact) mass is 977 g/mol. The van der Waals surface area contributed by atoms with Gasteiger partial charge in [0.15, 0.2) is 0 Å². The van der Waals surface area contributed by atoms with E-state index in [1.54, 1.807) is 0 Å². The lowest BCUT2D eigenvalue weighted by Gasteiger charge is -2.30. The van der Waals surface area contributed by atoms with Gasteiger partial charge in [0.25, 0.3) is 0 Å². The third kappa shape index (κ3) is 31.3. The predicted molar refractivity (Wildman–Crippen MR) is 270 cm³/mol. The summed E-state index contributed by atoms with van der Waals surface area (Å²) in [5.74, 6) is -0.966. The lowest BCUT2D eigenvalue weighted by Crippen LogP contribution is -2.60. The van der Waals surface area contributed by atoms with Gasteiger partial charge in [-0.15, -0.1) is 8.97 Å². The minimum absolute atomic E-state index is 0.161. The first-order valence-corrected chi connectivity index (χ1v) is 29.5. The van der Waals surface area contributed by atoms with E-state index in [2.05, 4.69) is 41.5 Å². The van der Waals surface area contributed by atoms with Crippen molar-refractivity contribution in [2.75, 3.05) is 13.1 Å². The summed E-state index contributed by atoms with van der Waals surface area (Å²) in [5.41, 5.74) is 0. The molecular weight excluding hydrogens is 877 g/mol. The van der Waals surface area contributed by atoms with Crippen molar-refractivity contribution in [3.8, 4) is 0 Å². The Morgan fingerprint density at radius 1 is 0.273 bits per heavy atom. The molecule has 0 aromatic rings. The van der Waals surface area contributed by atoms with Crippen LogP contribution in [-0.4, -0.2) is 75.0 Å². The van der Waals surface area contributed by atoms with Crippen LogP contribution in [0.2, 0.25) is 0 Å². The molecule has 0 rings (SSSR count). The van der Waals surface area contributed by atoms with Crippen LogP contribution in [0, 0.1) is 0 Å². The fourth-order valence-corrected chi connectivity index (χ4v) is 8.32. The zero-order valence-corrected chi connectivity index (χ0v) is 45.3. The van der Waals surface area contributed by atoms with Crippen LogP contribution in [0.4, 0.5) is 0 Å². The maximum absolute atomic E-state index is 13.2. The summed E-state index contributed by atoms with van der Waals surface area (Å²) in [4.78, 5) is 79.3. The number of imide groups is 6. The molecule has 0 saturated heterocycles. The van der Waals surface area contributed by atoms with E-state index in [1.807, 2.05) is 13.8 Å². The van der Waals surface area contributed by atoms with Gasteiger partial charge in [-0.3, -0.25) is 8.42 Å². The Hall–Kier alpha value is -1.84. The van der Waals surface area contributed by atoms with Crippen molar-refractivity contribution < 1.29 is 55.3 Å². The van der Waals surface area contributed by atoms with Gasteiger partial charge < -0.3 is 9.11 Å². The van der Waals surface area contributed by atoms with Crippen LogP contribution in [0.15, 0.2) is 0 Å². The summed E-state index contributed by atoms with van der Waals surface area (Å²) < 4.78 is 35.3. The molecule has 0 aliphatic rings. The van der Waals surface area contributed by atoms with Crippen molar-refractivity contribution >= 4 is 55.7 Å². The van der Waals surface area contributed by atoms with Gasteiger partial charge >= 0.3 is 35.4 Å². The molecular formula is C52H100N2O10S2. The Kier molecular flexibility index (Phi) is 48.6. The maximum atomic E-state index is 13.2. The van der Waals surface area contributed by atoms with Crippen LogP contribution in [-0.2, 0) is 49.0 Å². The molecule has 0 N–H and O–H groups in total. The third-order valence-electron chi connectivity index (χ3n) is 12.6. The molecule has 0 aromatic carbocycles. The molecule has 0 radical (unpaired) electrons. The minimum atomic E-state index is -2.95. The SMILES string of the molecule is CCCCCCCC(=O)[N+](CC)(C(=O)CCCCCCC)C(=O)CCCCCCC.CCCCCCCC(=O)[N+](CC)(C(=O)CCCCCCC)C(=O)CCCCCCC.O=S([O-])S(=O)[O-]. The Bertz CT molecular complexity index is 1100. The minimum Gasteiger partial charge on any atom is -0.763 e. The fourth-order valence-electron chi connectivity index (χ4n) is 8.32. The first-order valence-electron chi connectivity index (χ1n) is 26.8. The second-order valence-corrected chi connectivity index (χ2v) is 20.5. The van der Waals surface area contributed by atoms with Crippen molar-refractivity contribution in [1.82, 2.24) is 0 Å². The lowest BCUT2D eigenvalue weighted by atomic mass is 10.0. The number of unbranched alkanes of at least 4 members (excludes halogenated alkanes) is 24. The summed E-state index contributed by atoms with van der Waals surface area (Å²) in [5, 5.41) is 0. The summed E-state index contributed by atoms with van der Waals surface area (Å²) in [7, 11) is -5.90. The average molecular weight is 978 g/mol. The number of amides is 6. The number of quaternary nitrogens is 2. The fraction of sp³-hybridized carbons (Fsp3) is 0.885. The highest BCUT2D eigenvalue weighted by molar-refractivity contribution is 8.56. The highest BCUT2D eigenvalue weighted by Gasteiger charge is 2.49. The molecule has 0 spiro atoms. The summed E-state index contributed by atoms with van der Waals surface area (Å²) in [6, 6.07) is 0. The molecule has 0 heterocycles. The first kappa shape index (κ1) is 68.4. The predicted octanol–water partition coefficient (Wildman–Crippen LogP) is 13.6. The van der Waals surface area contributed by atoms with E-state index in [4.69, 9.17) is 17.5 Å². The third-order valence-corrected chi connectivity index (χ3v) is 13.5. The summed E-state index contributed by atoms with van der Waals surface area (Å²) in [6.07, 6.45) is 33.5. The second kappa shape index (κ2) is 46.9. The summed E-state index contributed by atoms with van der Waals surface area (Å²) in [6.45, 7) is 17.2. The van der Waals surface area contributed by atoms with Gasteiger partial charge in [-0.2, -0.15) is 0 Å². The van der Waals surface area contributed by atoms with E-state index >= 15 is 0 Å². The van der Waals surface area contributed by atoms with Crippen LogP contribution in [0.5, 0.6) is 0 Å². The van der Waals surface area contributed by atoms with E-state index in [9.17, 15) is 28.8 Å². The Morgan fingerprint density at radius 3 is 0.515 bits per heavy atom. The zero-order valence-electron chi connectivity index (χ0n) is 43.7. The van der Waals surface area contributed by atoms with Crippen LogP contribution in [0.1, 0.15) is 287 Å². The van der Waals surface area contributed by atoms with E-state index in [0.29, 0.717) is 38.5 Å². The van der Waals surface area contributed by atoms with Crippen molar-refractivity contribution in [3.63, 3.8) is 0 Å². The quantitative estimate of drug-likeness (QED) is 0.0249. The molecule has 6 amide bonds. The Morgan fingerprint density at radius 2 is 0.409 bits per heavy atom. The van der Waals surface area contributed by atoms with Crippen LogP contribution in [0.25, 0.3) is 0 Å². The largest absolute Gasteiger partial charge is 0.763 e. The van der Waals surface area contributed by atoms with Crippen LogP contribution < -0.4 is 0 Å². The van der Waals surface area contributed by atoms with Crippen molar-refractivity contribution in [2.24, 2.45) is 0 Å². The average Bonchev–Trinajstić information content (AvgIpc) is 3.29. The molecule has 390 valence electrons. The van der Waals surface area contributed by atoms with Gasteiger partial charge in [0.05, 0.1) is 51.6 Å². The highest BCUT2D eigenvalue weighted by atomic mass is 33.2. The normalized spacial score (nSPS) is 12.3.